The van der Waals surface area contributed by atoms with E-state index in [-0.39, 0.29) is 12.1 Å². The molecule has 3 rings (SSSR count). The molecular weight excluding hydrogens is 338 g/mol. The summed E-state index contributed by atoms with van der Waals surface area (Å²) in [6.07, 6.45) is 2.32. The van der Waals surface area contributed by atoms with E-state index in [1.54, 1.807) is 6.20 Å². The van der Waals surface area contributed by atoms with Gasteiger partial charge in [-0.3, -0.25) is 9.78 Å². The van der Waals surface area contributed by atoms with Crippen LogP contribution in [0.1, 0.15) is 44.4 Å². The number of para-hydroxylation sites is 1. The molecule has 1 atom stereocenters. The summed E-state index contributed by atoms with van der Waals surface area (Å²) in [5.41, 5.74) is 2.88. The van der Waals surface area contributed by atoms with Crippen LogP contribution in [0.4, 0.5) is 0 Å². The Labute approximate surface area is 160 Å². The maximum atomic E-state index is 11.5. The molecule has 0 saturated carbocycles. The fourth-order valence-electron chi connectivity index (χ4n) is 3.12. The van der Waals surface area contributed by atoms with Crippen LogP contribution in [0.5, 0.6) is 5.75 Å². The molecule has 4 heteroatoms. The molecule has 0 aliphatic rings. The summed E-state index contributed by atoms with van der Waals surface area (Å²) in [7, 11) is 0. The number of carbonyl (C=O) groups excluding carboxylic acids is 1. The Hall–Kier alpha value is -2.88. The second-order valence-electron chi connectivity index (χ2n) is 7.09. The number of pyridine rings is 1. The van der Waals surface area contributed by atoms with Gasteiger partial charge < -0.3 is 9.47 Å². The highest BCUT2D eigenvalue weighted by molar-refractivity contribution is 5.84. The molecule has 0 amide bonds. The third-order valence-electron chi connectivity index (χ3n) is 4.31. The van der Waals surface area contributed by atoms with E-state index in [0.29, 0.717) is 12.5 Å². The van der Waals surface area contributed by atoms with Crippen LogP contribution < -0.4 is 4.74 Å². The lowest BCUT2D eigenvalue weighted by molar-refractivity contribution is -0.147. The number of nitrogens with zero attached hydrogens (tertiary/aromatic N) is 1. The van der Waals surface area contributed by atoms with Gasteiger partial charge in [-0.25, -0.2) is 0 Å². The third-order valence-corrected chi connectivity index (χ3v) is 4.31. The highest BCUT2D eigenvalue weighted by atomic mass is 16.5. The van der Waals surface area contributed by atoms with Crippen molar-refractivity contribution in [3.63, 3.8) is 0 Å². The van der Waals surface area contributed by atoms with Crippen LogP contribution in [-0.2, 0) is 16.1 Å². The molecule has 27 heavy (non-hydrogen) atoms. The second kappa shape index (κ2) is 8.67. The van der Waals surface area contributed by atoms with Gasteiger partial charge in [-0.05, 0) is 41.7 Å². The third kappa shape index (κ3) is 5.07. The van der Waals surface area contributed by atoms with E-state index in [2.05, 4.69) is 24.9 Å². The molecule has 0 bridgehead atoms. The van der Waals surface area contributed by atoms with Crippen molar-refractivity contribution in [2.24, 2.45) is 5.92 Å². The molecule has 0 N–H and O–H groups in total. The summed E-state index contributed by atoms with van der Waals surface area (Å²) in [5, 5.41) is 1.05. The largest absolute Gasteiger partial charge is 0.487 e. The number of esters is 1. The molecular formula is C23H25NO3. The number of ether oxygens (including phenoxy) is 2. The maximum absolute atomic E-state index is 11.5. The monoisotopic (exact) mass is 363 g/mol. The van der Waals surface area contributed by atoms with Gasteiger partial charge in [0.25, 0.3) is 0 Å². The van der Waals surface area contributed by atoms with Crippen LogP contribution in [0, 0.1) is 5.92 Å². The summed E-state index contributed by atoms with van der Waals surface area (Å²) in [5.74, 6) is 0.928. The molecule has 4 nitrogen and oxygen atoms in total. The van der Waals surface area contributed by atoms with Crippen LogP contribution in [0.15, 0.2) is 60.8 Å². The van der Waals surface area contributed by atoms with E-state index in [9.17, 15) is 4.79 Å². The van der Waals surface area contributed by atoms with E-state index in [0.717, 1.165) is 34.2 Å². The Morgan fingerprint density at radius 3 is 2.63 bits per heavy atom. The Morgan fingerprint density at radius 1 is 1.07 bits per heavy atom. The molecule has 1 heterocycles. The Bertz CT molecular complexity index is 915. The molecule has 0 aliphatic heterocycles. The average molecular weight is 363 g/mol. The molecule has 3 aromatic rings. The minimum Gasteiger partial charge on any atom is -0.487 e. The van der Waals surface area contributed by atoms with Crippen molar-refractivity contribution >= 4 is 16.9 Å². The average Bonchev–Trinajstić information content (AvgIpc) is 2.65. The van der Waals surface area contributed by atoms with Crippen LogP contribution >= 0.6 is 0 Å². The summed E-state index contributed by atoms with van der Waals surface area (Å²) in [6, 6.07) is 17.9. The number of carbonyl (C=O) groups is 1. The van der Waals surface area contributed by atoms with Crippen molar-refractivity contribution in [3.8, 4) is 5.75 Å². The van der Waals surface area contributed by atoms with Crippen molar-refractivity contribution in [1.29, 1.82) is 0 Å². The lowest BCUT2D eigenvalue weighted by Crippen LogP contribution is -2.11. The SMILES string of the molecule is CC(=O)OC(CC(C)C)c1cccc(COc2cccc3cccnc23)c1. The zero-order chi connectivity index (χ0) is 19.2. The van der Waals surface area contributed by atoms with Crippen molar-refractivity contribution < 1.29 is 14.3 Å². The fourth-order valence-corrected chi connectivity index (χ4v) is 3.12. The molecule has 1 aromatic heterocycles. The van der Waals surface area contributed by atoms with Crippen molar-refractivity contribution in [1.82, 2.24) is 4.98 Å². The van der Waals surface area contributed by atoms with Crippen LogP contribution in [0.2, 0.25) is 0 Å². The number of rotatable bonds is 7. The molecule has 0 fully saturated rings. The molecule has 2 aromatic carbocycles. The predicted molar refractivity (Wildman–Crippen MR) is 106 cm³/mol. The summed E-state index contributed by atoms with van der Waals surface area (Å²) in [4.78, 5) is 15.9. The summed E-state index contributed by atoms with van der Waals surface area (Å²) in [6.45, 7) is 6.12. The number of aromatic nitrogens is 1. The zero-order valence-corrected chi connectivity index (χ0v) is 16.0. The lowest BCUT2D eigenvalue weighted by Gasteiger charge is -2.20. The Morgan fingerprint density at radius 2 is 1.85 bits per heavy atom. The molecule has 140 valence electrons. The topological polar surface area (TPSA) is 48.4 Å². The van der Waals surface area contributed by atoms with Crippen molar-refractivity contribution in [3.05, 3.63) is 71.9 Å². The molecule has 1 unspecified atom stereocenters. The van der Waals surface area contributed by atoms with Gasteiger partial charge in [0.15, 0.2) is 0 Å². The van der Waals surface area contributed by atoms with E-state index < -0.39 is 0 Å². The van der Waals surface area contributed by atoms with E-state index in [1.807, 2.05) is 48.5 Å². The van der Waals surface area contributed by atoms with Gasteiger partial charge in [-0.1, -0.05) is 50.2 Å². The Balaban J connectivity index is 1.77. The maximum Gasteiger partial charge on any atom is 0.303 e. The standard InChI is InChI=1S/C23H25NO3/c1-16(2)13-22(27-17(3)25)20-9-4-7-18(14-20)15-26-21-11-5-8-19-10-6-12-24-23(19)21/h4-12,14,16,22H,13,15H2,1-3H3. The van der Waals surface area contributed by atoms with Gasteiger partial charge in [0.1, 0.15) is 24.0 Å². The highest BCUT2D eigenvalue weighted by Crippen LogP contribution is 2.27. The molecule has 0 radical (unpaired) electrons. The highest BCUT2D eigenvalue weighted by Gasteiger charge is 2.17. The minimum atomic E-state index is -0.260. The van der Waals surface area contributed by atoms with Gasteiger partial charge in [-0.15, -0.1) is 0 Å². The first-order valence-corrected chi connectivity index (χ1v) is 9.25. The minimum absolute atomic E-state index is 0.235. The van der Waals surface area contributed by atoms with Crippen LogP contribution in [-0.4, -0.2) is 11.0 Å². The van der Waals surface area contributed by atoms with Gasteiger partial charge in [0.2, 0.25) is 0 Å². The van der Waals surface area contributed by atoms with E-state index >= 15 is 0 Å². The van der Waals surface area contributed by atoms with Crippen LogP contribution in [0.25, 0.3) is 10.9 Å². The Kier molecular flexibility index (Phi) is 6.07. The number of hydrogen-bond donors (Lipinski definition) is 0. The van der Waals surface area contributed by atoms with Gasteiger partial charge in [-0.2, -0.15) is 0 Å². The normalized spacial score (nSPS) is 12.1. The van der Waals surface area contributed by atoms with Crippen molar-refractivity contribution in [2.75, 3.05) is 0 Å². The summed E-state index contributed by atoms with van der Waals surface area (Å²) >= 11 is 0. The quantitative estimate of drug-likeness (QED) is 0.523. The van der Waals surface area contributed by atoms with Gasteiger partial charge >= 0.3 is 5.97 Å². The second-order valence-corrected chi connectivity index (χ2v) is 7.09. The molecule has 0 saturated heterocycles. The number of hydrogen-bond acceptors (Lipinski definition) is 4. The van der Waals surface area contributed by atoms with E-state index in [4.69, 9.17) is 9.47 Å². The fraction of sp³-hybridized carbons (Fsp3) is 0.304. The molecule has 0 aliphatic carbocycles. The number of fused-ring (bicyclic) bond motifs is 1. The van der Waals surface area contributed by atoms with Gasteiger partial charge in [0, 0.05) is 18.5 Å². The van der Waals surface area contributed by atoms with Gasteiger partial charge in [0.05, 0.1) is 0 Å². The van der Waals surface area contributed by atoms with E-state index in [1.165, 1.54) is 6.92 Å². The molecule has 0 spiro atoms. The number of benzene rings is 2. The summed E-state index contributed by atoms with van der Waals surface area (Å²) < 4.78 is 11.6. The first-order chi connectivity index (χ1) is 13.0. The predicted octanol–water partition coefficient (Wildman–Crippen LogP) is 5.46. The van der Waals surface area contributed by atoms with Crippen LogP contribution in [0.3, 0.4) is 0 Å². The van der Waals surface area contributed by atoms with Crippen molar-refractivity contribution in [2.45, 2.75) is 39.9 Å². The zero-order valence-electron chi connectivity index (χ0n) is 16.0. The first kappa shape index (κ1) is 18.9. The lowest BCUT2D eigenvalue weighted by atomic mass is 9.98. The smallest absolute Gasteiger partial charge is 0.303 e. The first-order valence-electron chi connectivity index (χ1n) is 9.25.